The van der Waals surface area contributed by atoms with Crippen LogP contribution in [0.4, 0.5) is 0 Å². The van der Waals surface area contributed by atoms with Crippen LogP contribution in [-0.4, -0.2) is 67.7 Å². The summed E-state index contributed by atoms with van der Waals surface area (Å²) >= 11 is 0. The lowest BCUT2D eigenvalue weighted by Crippen LogP contribution is -2.33. The van der Waals surface area contributed by atoms with Crippen molar-refractivity contribution in [2.24, 2.45) is 0 Å². The van der Waals surface area contributed by atoms with Crippen molar-refractivity contribution in [2.75, 3.05) is 39.0 Å². The van der Waals surface area contributed by atoms with Crippen molar-refractivity contribution in [2.45, 2.75) is 33.1 Å². The van der Waals surface area contributed by atoms with Crippen LogP contribution in [-0.2, 0) is 14.8 Å². The van der Waals surface area contributed by atoms with Gasteiger partial charge in [-0.05, 0) is 32.5 Å². The maximum Gasteiger partial charge on any atom is 0.304 e. The summed E-state index contributed by atoms with van der Waals surface area (Å²) in [5.74, 6) is -0.975. The zero-order valence-electron chi connectivity index (χ0n) is 12.1. The van der Waals surface area contributed by atoms with Gasteiger partial charge in [-0.15, -0.1) is 0 Å². The van der Waals surface area contributed by atoms with Gasteiger partial charge in [-0.2, -0.15) is 0 Å². The number of carboxylic acid groups (broad SMARTS) is 1. The molecule has 1 N–H and O–H groups in total. The van der Waals surface area contributed by atoms with Crippen LogP contribution in [0, 0.1) is 0 Å². The number of aliphatic carboxylic acids is 1. The van der Waals surface area contributed by atoms with Gasteiger partial charge in [-0.3, -0.25) is 4.79 Å². The Labute approximate surface area is 116 Å². The van der Waals surface area contributed by atoms with Gasteiger partial charge in [0, 0.05) is 13.1 Å². The van der Waals surface area contributed by atoms with E-state index in [4.69, 9.17) is 5.11 Å². The van der Waals surface area contributed by atoms with Crippen LogP contribution in [0.1, 0.15) is 33.1 Å². The second kappa shape index (κ2) is 9.28. The molecule has 0 atom stereocenters. The normalized spacial score (nSPS) is 12.3. The minimum absolute atomic E-state index is 0.0550. The molecule has 0 saturated heterocycles. The Bertz CT molecular complexity index is 353. The van der Waals surface area contributed by atoms with Gasteiger partial charge in [-0.25, -0.2) is 12.7 Å². The summed E-state index contributed by atoms with van der Waals surface area (Å²) in [6.07, 6.45) is 2.65. The molecular formula is C12H26N2O4S. The van der Waals surface area contributed by atoms with Gasteiger partial charge in [0.1, 0.15) is 0 Å². The lowest BCUT2D eigenvalue weighted by Gasteiger charge is -2.21. The summed E-state index contributed by atoms with van der Waals surface area (Å²) in [5.41, 5.74) is 0. The van der Waals surface area contributed by atoms with E-state index in [0.29, 0.717) is 6.54 Å². The third kappa shape index (κ3) is 8.96. The maximum absolute atomic E-state index is 11.5. The fraction of sp³-hybridized carbons (Fsp3) is 0.917. The highest BCUT2D eigenvalue weighted by atomic mass is 32.2. The molecule has 0 saturated carbocycles. The minimum atomic E-state index is -3.32. The third-order valence-corrected chi connectivity index (χ3v) is 4.37. The molecule has 0 bridgehead atoms. The molecule has 7 heteroatoms. The standard InChI is InChI=1S/C12H26N2O4S/c1-4-13(5-2)9-6-7-10-14(19(3,17)18)11-8-12(15)16/h4-11H2,1-3H3,(H,15,16). The van der Waals surface area contributed by atoms with E-state index < -0.39 is 16.0 Å². The van der Waals surface area contributed by atoms with Crippen LogP contribution in [0.2, 0.25) is 0 Å². The summed E-state index contributed by atoms with van der Waals surface area (Å²) in [6.45, 7) is 7.57. The monoisotopic (exact) mass is 294 g/mol. The van der Waals surface area contributed by atoms with Crippen molar-refractivity contribution in [1.29, 1.82) is 0 Å². The molecule has 0 rings (SSSR count). The first-order valence-corrected chi connectivity index (χ1v) is 8.55. The first-order chi connectivity index (χ1) is 8.81. The minimum Gasteiger partial charge on any atom is -0.481 e. The second-order valence-electron chi connectivity index (χ2n) is 4.54. The van der Waals surface area contributed by atoms with E-state index in [9.17, 15) is 13.2 Å². The topological polar surface area (TPSA) is 77.9 Å². The summed E-state index contributed by atoms with van der Waals surface area (Å²) < 4.78 is 24.3. The van der Waals surface area contributed by atoms with Gasteiger partial charge in [-0.1, -0.05) is 13.8 Å². The fourth-order valence-electron chi connectivity index (χ4n) is 1.83. The molecular weight excluding hydrogens is 268 g/mol. The number of hydrogen-bond acceptors (Lipinski definition) is 4. The molecule has 0 radical (unpaired) electrons. The Hall–Kier alpha value is -0.660. The van der Waals surface area contributed by atoms with Crippen LogP contribution >= 0.6 is 0 Å². The smallest absolute Gasteiger partial charge is 0.304 e. The molecule has 0 amide bonds. The fourth-order valence-corrected chi connectivity index (χ4v) is 2.71. The van der Waals surface area contributed by atoms with Crippen molar-refractivity contribution in [1.82, 2.24) is 9.21 Å². The first-order valence-electron chi connectivity index (χ1n) is 6.70. The second-order valence-corrected chi connectivity index (χ2v) is 6.52. The summed E-state index contributed by atoms with van der Waals surface area (Å²) in [7, 11) is -3.32. The van der Waals surface area contributed by atoms with Crippen LogP contribution in [0.5, 0.6) is 0 Å². The van der Waals surface area contributed by atoms with Crippen LogP contribution < -0.4 is 0 Å². The van der Waals surface area contributed by atoms with Crippen LogP contribution in [0.25, 0.3) is 0 Å². The summed E-state index contributed by atoms with van der Waals surface area (Å²) in [5, 5.41) is 8.61. The maximum atomic E-state index is 11.5. The highest BCUT2D eigenvalue weighted by molar-refractivity contribution is 7.88. The van der Waals surface area contributed by atoms with Gasteiger partial charge >= 0.3 is 5.97 Å². The molecule has 0 aromatic rings. The van der Waals surface area contributed by atoms with Crippen molar-refractivity contribution < 1.29 is 18.3 Å². The average molecular weight is 294 g/mol. The zero-order chi connectivity index (χ0) is 14.9. The Balaban J connectivity index is 4.10. The molecule has 114 valence electrons. The van der Waals surface area contributed by atoms with Crippen LogP contribution in [0.3, 0.4) is 0 Å². The zero-order valence-corrected chi connectivity index (χ0v) is 12.9. The molecule has 0 aliphatic rings. The molecule has 0 aromatic carbocycles. The molecule has 0 aromatic heterocycles. The molecule has 0 unspecified atom stereocenters. The summed E-state index contributed by atoms with van der Waals surface area (Å²) in [6, 6.07) is 0. The van der Waals surface area contributed by atoms with Crippen LogP contribution in [0.15, 0.2) is 0 Å². The first kappa shape index (κ1) is 18.3. The van der Waals surface area contributed by atoms with Crippen molar-refractivity contribution >= 4 is 16.0 Å². The Morgan fingerprint density at radius 2 is 1.58 bits per heavy atom. The molecule has 0 aliphatic carbocycles. The van der Waals surface area contributed by atoms with Crippen molar-refractivity contribution in [3.05, 3.63) is 0 Å². The Morgan fingerprint density at radius 1 is 1.05 bits per heavy atom. The lowest BCUT2D eigenvalue weighted by molar-refractivity contribution is -0.137. The van der Waals surface area contributed by atoms with E-state index >= 15 is 0 Å². The summed E-state index contributed by atoms with van der Waals surface area (Å²) in [4.78, 5) is 12.8. The molecule has 0 fully saturated rings. The number of sulfonamides is 1. The lowest BCUT2D eigenvalue weighted by atomic mass is 10.3. The number of carbonyl (C=O) groups is 1. The predicted octanol–water partition coefficient (Wildman–Crippen LogP) is 0.845. The predicted molar refractivity (Wildman–Crippen MR) is 75.7 cm³/mol. The van der Waals surface area contributed by atoms with E-state index in [0.717, 1.165) is 38.7 Å². The van der Waals surface area contributed by atoms with E-state index in [-0.39, 0.29) is 13.0 Å². The van der Waals surface area contributed by atoms with E-state index in [1.807, 2.05) is 0 Å². The van der Waals surface area contributed by atoms with E-state index in [1.165, 1.54) is 4.31 Å². The molecule has 0 heterocycles. The Kier molecular flexibility index (Phi) is 8.95. The highest BCUT2D eigenvalue weighted by Crippen LogP contribution is 2.04. The van der Waals surface area contributed by atoms with Crippen molar-refractivity contribution in [3.8, 4) is 0 Å². The van der Waals surface area contributed by atoms with E-state index in [2.05, 4.69) is 18.7 Å². The van der Waals surface area contributed by atoms with Gasteiger partial charge in [0.25, 0.3) is 0 Å². The number of unbranched alkanes of at least 4 members (excludes halogenated alkanes) is 1. The average Bonchev–Trinajstić information content (AvgIpc) is 2.31. The quantitative estimate of drug-likeness (QED) is 0.571. The highest BCUT2D eigenvalue weighted by Gasteiger charge is 2.17. The Morgan fingerprint density at radius 3 is 2.00 bits per heavy atom. The third-order valence-electron chi connectivity index (χ3n) is 3.07. The largest absolute Gasteiger partial charge is 0.481 e. The molecule has 0 spiro atoms. The van der Waals surface area contributed by atoms with Gasteiger partial charge in [0.05, 0.1) is 12.7 Å². The molecule has 0 aliphatic heterocycles. The van der Waals surface area contributed by atoms with Gasteiger partial charge < -0.3 is 10.0 Å². The molecule has 19 heavy (non-hydrogen) atoms. The SMILES string of the molecule is CCN(CC)CCCCN(CCC(=O)O)S(C)(=O)=O. The number of nitrogens with zero attached hydrogens (tertiary/aromatic N) is 2. The number of carboxylic acids is 1. The van der Waals surface area contributed by atoms with E-state index in [1.54, 1.807) is 0 Å². The van der Waals surface area contributed by atoms with Gasteiger partial charge in [0.2, 0.25) is 10.0 Å². The number of rotatable bonds is 11. The van der Waals surface area contributed by atoms with Crippen molar-refractivity contribution in [3.63, 3.8) is 0 Å². The number of hydrogen-bond donors (Lipinski definition) is 1. The van der Waals surface area contributed by atoms with Gasteiger partial charge in [0.15, 0.2) is 0 Å². The molecule has 6 nitrogen and oxygen atoms in total.